The third-order valence-electron chi connectivity index (χ3n) is 6.41. The zero-order chi connectivity index (χ0) is 16.4. The van der Waals surface area contributed by atoms with Gasteiger partial charge in [-0.1, -0.05) is 0 Å². The van der Waals surface area contributed by atoms with Crippen molar-refractivity contribution in [3.63, 3.8) is 0 Å². The van der Waals surface area contributed by atoms with E-state index in [1.54, 1.807) is 0 Å². The molecule has 3 heterocycles. The van der Waals surface area contributed by atoms with Crippen molar-refractivity contribution in [1.29, 1.82) is 0 Å². The minimum absolute atomic E-state index is 0.732. The predicted octanol–water partition coefficient (Wildman–Crippen LogP) is 1.67. The van der Waals surface area contributed by atoms with Gasteiger partial charge in [0.2, 0.25) is 0 Å². The van der Waals surface area contributed by atoms with Crippen LogP contribution in [0.15, 0.2) is 0 Å². The van der Waals surface area contributed by atoms with Crippen molar-refractivity contribution >= 4 is 0 Å². The standard InChI is InChI=1S/C19H38N4/c1-16(2)23-14-19(15-23)13-22-10-9-21(11-17(22)3)12-18-5-7-20(4)8-6-18/h16-19H,5-15H2,1-4H3. The molecule has 0 N–H and O–H groups in total. The highest BCUT2D eigenvalue weighted by Crippen LogP contribution is 2.23. The Bertz CT molecular complexity index is 358. The minimum atomic E-state index is 0.732. The second-order valence-corrected chi connectivity index (χ2v) is 8.76. The average molecular weight is 323 g/mol. The number of rotatable bonds is 5. The molecule has 134 valence electrons. The summed E-state index contributed by atoms with van der Waals surface area (Å²) in [6.07, 6.45) is 2.80. The van der Waals surface area contributed by atoms with E-state index in [2.05, 4.69) is 47.4 Å². The molecule has 0 saturated carbocycles. The van der Waals surface area contributed by atoms with Crippen LogP contribution in [0.1, 0.15) is 33.6 Å². The smallest absolute Gasteiger partial charge is 0.0195 e. The van der Waals surface area contributed by atoms with E-state index < -0.39 is 0 Å². The van der Waals surface area contributed by atoms with E-state index in [1.807, 2.05) is 0 Å². The van der Waals surface area contributed by atoms with Gasteiger partial charge in [-0.3, -0.25) is 4.90 Å². The molecule has 4 nitrogen and oxygen atoms in total. The maximum Gasteiger partial charge on any atom is 0.0195 e. The average Bonchev–Trinajstić information content (AvgIpc) is 2.46. The first-order valence-electron chi connectivity index (χ1n) is 9.90. The number of piperazine rings is 1. The maximum absolute atomic E-state index is 2.76. The summed E-state index contributed by atoms with van der Waals surface area (Å²) in [5, 5.41) is 0. The highest BCUT2D eigenvalue weighted by molar-refractivity contribution is 4.88. The highest BCUT2D eigenvalue weighted by Gasteiger charge is 2.33. The lowest BCUT2D eigenvalue weighted by molar-refractivity contribution is 0.00581. The van der Waals surface area contributed by atoms with Crippen molar-refractivity contribution < 1.29 is 0 Å². The van der Waals surface area contributed by atoms with Gasteiger partial charge in [0, 0.05) is 57.9 Å². The minimum Gasteiger partial charge on any atom is -0.306 e. The van der Waals surface area contributed by atoms with Crippen molar-refractivity contribution in [3.05, 3.63) is 0 Å². The van der Waals surface area contributed by atoms with E-state index in [0.29, 0.717) is 0 Å². The molecule has 3 rings (SSSR count). The van der Waals surface area contributed by atoms with Crippen LogP contribution in [0, 0.1) is 11.8 Å². The Labute approximate surface area is 143 Å². The molecule has 0 aliphatic carbocycles. The van der Waals surface area contributed by atoms with Gasteiger partial charge in [-0.25, -0.2) is 0 Å². The zero-order valence-electron chi connectivity index (χ0n) is 15.9. The van der Waals surface area contributed by atoms with Crippen LogP contribution in [-0.2, 0) is 0 Å². The molecule has 0 aromatic rings. The molecule has 0 bridgehead atoms. The van der Waals surface area contributed by atoms with E-state index >= 15 is 0 Å². The normalized spacial score (nSPS) is 30.9. The van der Waals surface area contributed by atoms with Crippen molar-refractivity contribution in [1.82, 2.24) is 19.6 Å². The Morgan fingerprint density at radius 2 is 1.57 bits per heavy atom. The Hall–Kier alpha value is -0.160. The number of piperidine rings is 1. The molecule has 3 aliphatic heterocycles. The lowest BCUT2D eigenvalue weighted by atomic mass is 9.95. The molecular weight excluding hydrogens is 284 g/mol. The fourth-order valence-electron chi connectivity index (χ4n) is 4.60. The van der Waals surface area contributed by atoms with Gasteiger partial charge >= 0.3 is 0 Å². The van der Waals surface area contributed by atoms with Crippen LogP contribution in [0.3, 0.4) is 0 Å². The van der Waals surface area contributed by atoms with Gasteiger partial charge in [0.25, 0.3) is 0 Å². The fourth-order valence-corrected chi connectivity index (χ4v) is 4.60. The van der Waals surface area contributed by atoms with Gasteiger partial charge in [-0.15, -0.1) is 0 Å². The summed E-state index contributed by atoms with van der Waals surface area (Å²) in [6, 6.07) is 1.47. The quantitative estimate of drug-likeness (QED) is 0.763. The highest BCUT2D eigenvalue weighted by atomic mass is 15.3. The summed E-state index contributed by atoms with van der Waals surface area (Å²) in [4.78, 5) is 10.6. The van der Waals surface area contributed by atoms with Crippen LogP contribution in [0.4, 0.5) is 0 Å². The Kier molecular flexibility index (Phi) is 6.00. The summed E-state index contributed by atoms with van der Waals surface area (Å²) in [5.41, 5.74) is 0. The van der Waals surface area contributed by atoms with E-state index in [4.69, 9.17) is 0 Å². The molecule has 3 saturated heterocycles. The van der Waals surface area contributed by atoms with Gasteiger partial charge in [0.1, 0.15) is 0 Å². The molecule has 1 unspecified atom stereocenters. The van der Waals surface area contributed by atoms with Crippen LogP contribution in [0.5, 0.6) is 0 Å². The number of hydrogen-bond acceptors (Lipinski definition) is 4. The Balaban J connectivity index is 1.36. The summed E-state index contributed by atoms with van der Waals surface area (Å²) in [5.74, 6) is 1.86. The molecule has 0 amide bonds. The molecule has 0 aromatic carbocycles. The second kappa shape index (κ2) is 7.81. The van der Waals surface area contributed by atoms with Crippen molar-refractivity contribution in [2.75, 3.05) is 66.0 Å². The number of nitrogens with zero attached hydrogens (tertiary/aromatic N) is 4. The van der Waals surface area contributed by atoms with Crippen molar-refractivity contribution in [2.45, 2.75) is 45.7 Å². The molecule has 0 aromatic heterocycles. The molecule has 23 heavy (non-hydrogen) atoms. The largest absolute Gasteiger partial charge is 0.306 e. The summed E-state index contributed by atoms with van der Waals surface area (Å²) < 4.78 is 0. The molecule has 3 fully saturated rings. The first-order chi connectivity index (χ1) is 11.0. The summed E-state index contributed by atoms with van der Waals surface area (Å²) >= 11 is 0. The van der Waals surface area contributed by atoms with Gasteiger partial charge < -0.3 is 14.7 Å². The van der Waals surface area contributed by atoms with E-state index in [9.17, 15) is 0 Å². The van der Waals surface area contributed by atoms with E-state index in [1.165, 1.54) is 71.7 Å². The first kappa shape index (κ1) is 17.7. The summed E-state index contributed by atoms with van der Waals surface area (Å²) in [6.45, 7) is 18.9. The lowest BCUT2D eigenvalue weighted by Crippen LogP contribution is -2.59. The molecular formula is C19H38N4. The van der Waals surface area contributed by atoms with Crippen LogP contribution in [0.2, 0.25) is 0 Å². The van der Waals surface area contributed by atoms with E-state index in [0.717, 1.165) is 23.9 Å². The molecule has 1 atom stereocenters. The predicted molar refractivity (Wildman–Crippen MR) is 97.9 cm³/mol. The van der Waals surface area contributed by atoms with Crippen LogP contribution in [-0.4, -0.2) is 97.6 Å². The van der Waals surface area contributed by atoms with Crippen molar-refractivity contribution in [3.8, 4) is 0 Å². The SMILES string of the molecule is CC(C)N1CC(CN2CCN(CC3CCN(C)CC3)CC2C)C1. The summed E-state index contributed by atoms with van der Waals surface area (Å²) in [7, 11) is 2.26. The third-order valence-corrected chi connectivity index (χ3v) is 6.41. The second-order valence-electron chi connectivity index (χ2n) is 8.76. The van der Waals surface area contributed by atoms with Gasteiger partial charge in [0.15, 0.2) is 0 Å². The molecule has 0 radical (unpaired) electrons. The number of likely N-dealkylation sites (tertiary alicyclic amines) is 2. The van der Waals surface area contributed by atoms with Crippen LogP contribution in [0.25, 0.3) is 0 Å². The maximum atomic E-state index is 2.76. The molecule has 4 heteroatoms. The monoisotopic (exact) mass is 322 g/mol. The van der Waals surface area contributed by atoms with Crippen LogP contribution >= 0.6 is 0 Å². The lowest BCUT2D eigenvalue weighted by Gasteiger charge is -2.47. The molecule has 3 aliphatic rings. The number of hydrogen-bond donors (Lipinski definition) is 0. The van der Waals surface area contributed by atoms with Gasteiger partial charge in [-0.05, 0) is 65.6 Å². The molecule has 0 spiro atoms. The topological polar surface area (TPSA) is 13.0 Å². The Morgan fingerprint density at radius 3 is 2.17 bits per heavy atom. The van der Waals surface area contributed by atoms with Gasteiger partial charge in [0.05, 0.1) is 0 Å². The fraction of sp³-hybridized carbons (Fsp3) is 1.00. The Morgan fingerprint density at radius 1 is 0.870 bits per heavy atom. The zero-order valence-corrected chi connectivity index (χ0v) is 15.9. The first-order valence-corrected chi connectivity index (χ1v) is 9.90. The van der Waals surface area contributed by atoms with Crippen LogP contribution < -0.4 is 0 Å². The third kappa shape index (κ3) is 4.68. The van der Waals surface area contributed by atoms with Crippen molar-refractivity contribution in [2.24, 2.45) is 11.8 Å². The van der Waals surface area contributed by atoms with Gasteiger partial charge in [-0.2, -0.15) is 0 Å². The van der Waals surface area contributed by atoms with E-state index in [-0.39, 0.29) is 0 Å².